The van der Waals surface area contributed by atoms with Gasteiger partial charge in [-0.1, -0.05) is 39.8 Å². The van der Waals surface area contributed by atoms with Crippen LogP contribution in [0.3, 0.4) is 0 Å². The number of ether oxygens (including phenoxy) is 1. The Morgan fingerprint density at radius 3 is 2.24 bits per heavy atom. The number of thioether (sulfide) groups is 1. The lowest BCUT2D eigenvalue weighted by Gasteiger charge is -2.24. The Morgan fingerprint density at radius 2 is 1.76 bits per heavy atom. The van der Waals surface area contributed by atoms with Crippen molar-refractivity contribution in [3.05, 3.63) is 29.8 Å². The van der Waals surface area contributed by atoms with E-state index in [-0.39, 0.29) is 6.10 Å². The van der Waals surface area contributed by atoms with Gasteiger partial charge in [-0.05, 0) is 44.5 Å². The maximum Gasteiger partial charge on any atom is 0.119 e. The van der Waals surface area contributed by atoms with Crippen LogP contribution in [0.4, 0.5) is 0 Å². The van der Waals surface area contributed by atoms with Crippen LogP contribution in [-0.2, 0) is 0 Å². The van der Waals surface area contributed by atoms with Gasteiger partial charge in [0.25, 0.3) is 0 Å². The van der Waals surface area contributed by atoms with Crippen molar-refractivity contribution in [3.63, 3.8) is 0 Å². The molecule has 21 heavy (non-hydrogen) atoms. The van der Waals surface area contributed by atoms with Crippen LogP contribution in [0.15, 0.2) is 24.3 Å². The van der Waals surface area contributed by atoms with E-state index in [2.05, 4.69) is 71.1 Å². The first-order valence-electron chi connectivity index (χ1n) is 7.95. The topological polar surface area (TPSA) is 21.3 Å². The molecule has 120 valence electrons. The number of hydrogen-bond donors (Lipinski definition) is 1. The molecule has 0 heterocycles. The molecule has 1 aromatic rings. The molecular formula is C18H31NOS. The Kier molecular flexibility index (Phi) is 7.61. The summed E-state index contributed by atoms with van der Waals surface area (Å²) in [7, 11) is 0. The van der Waals surface area contributed by atoms with Crippen molar-refractivity contribution in [2.24, 2.45) is 0 Å². The van der Waals surface area contributed by atoms with Crippen LogP contribution in [0.2, 0.25) is 0 Å². The zero-order chi connectivity index (χ0) is 15.9. The van der Waals surface area contributed by atoms with Gasteiger partial charge in [0.2, 0.25) is 0 Å². The van der Waals surface area contributed by atoms with E-state index < -0.39 is 0 Å². The fourth-order valence-corrected chi connectivity index (χ4v) is 2.95. The summed E-state index contributed by atoms with van der Waals surface area (Å²) >= 11 is 2.01. The molecule has 0 amide bonds. The molecule has 1 aromatic carbocycles. The molecular weight excluding hydrogens is 278 g/mol. The van der Waals surface area contributed by atoms with E-state index in [0.717, 1.165) is 24.5 Å². The van der Waals surface area contributed by atoms with E-state index in [9.17, 15) is 0 Å². The number of hydrogen-bond acceptors (Lipinski definition) is 3. The first-order valence-corrected chi connectivity index (χ1v) is 8.94. The first kappa shape index (κ1) is 18.4. The zero-order valence-corrected chi connectivity index (χ0v) is 15.2. The van der Waals surface area contributed by atoms with Crippen LogP contribution in [0.5, 0.6) is 5.75 Å². The molecule has 1 atom stereocenters. The summed E-state index contributed by atoms with van der Waals surface area (Å²) in [5, 5.41) is 3.66. The Balaban J connectivity index is 2.72. The quantitative estimate of drug-likeness (QED) is 0.726. The van der Waals surface area contributed by atoms with E-state index in [0.29, 0.717) is 10.8 Å². The molecule has 2 nitrogen and oxygen atoms in total. The summed E-state index contributed by atoms with van der Waals surface area (Å²) in [6.45, 7) is 14.2. The van der Waals surface area contributed by atoms with Crippen molar-refractivity contribution >= 4 is 11.8 Å². The lowest BCUT2D eigenvalue weighted by Crippen LogP contribution is -2.26. The van der Waals surface area contributed by atoms with Gasteiger partial charge in [0, 0.05) is 16.5 Å². The van der Waals surface area contributed by atoms with Crippen molar-refractivity contribution < 1.29 is 4.74 Å². The van der Waals surface area contributed by atoms with Crippen LogP contribution < -0.4 is 10.1 Å². The number of rotatable bonds is 8. The Labute approximate surface area is 135 Å². The SMILES string of the molecule is CCCNC(CSC(C)(C)C)c1ccc(OC(C)C)cc1. The van der Waals surface area contributed by atoms with Crippen LogP contribution >= 0.6 is 11.8 Å². The van der Waals surface area contributed by atoms with Crippen molar-refractivity contribution in [1.29, 1.82) is 0 Å². The van der Waals surface area contributed by atoms with Gasteiger partial charge in [-0.15, -0.1) is 0 Å². The normalized spacial score (nSPS) is 13.5. The molecule has 0 radical (unpaired) electrons. The van der Waals surface area contributed by atoms with Crippen LogP contribution in [-0.4, -0.2) is 23.1 Å². The van der Waals surface area contributed by atoms with Gasteiger partial charge in [0.15, 0.2) is 0 Å². The van der Waals surface area contributed by atoms with Gasteiger partial charge < -0.3 is 10.1 Å². The molecule has 0 aliphatic heterocycles. The van der Waals surface area contributed by atoms with Gasteiger partial charge in [0.1, 0.15) is 5.75 Å². The van der Waals surface area contributed by atoms with Gasteiger partial charge in [-0.3, -0.25) is 0 Å². The molecule has 0 saturated heterocycles. The predicted molar refractivity (Wildman–Crippen MR) is 95.5 cm³/mol. The minimum absolute atomic E-state index is 0.223. The molecule has 3 heteroatoms. The van der Waals surface area contributed by atoms with Gasteiger partial charge in [-0.25, -0.2) is 0 Å². The molecule has 0 fully saturated rings. The number of benzene rings is 1. The molecule has 0 bridgehead atoms. The largest absolute Gasteiger partial charge is 0.491 e. The summed E-state index contributed by atoms with van der Waals surface area (Å²) in [5.74, 6) is 2.04. The predicted octanol–water partition coefficient (Wildman–Crippen LogP) is 5.05. The summed E-state index contributed by atoms with van der Waals surface area (Å²) in [5.41, 5.74) is 1.34. The van der Waals surface area contributed by atoms with E-state index in [1.165, 1.54) is 5.56 Å². The third kappa shape index (κ3) is 7.77. The van der Waals surface area contributed by atoms with Crippen molar-refractivity contribution in [2.45, 2.75) is 64.9 Å². The standard InChI is InChI=1S/C18H31NOS/c1-7-12-19-17(13-21-18(4,5)6)15-8-10-16(11-9-15)20-14(2)3/h8-11,14,17,19H,7,12-13H2,1-6H3. The van der Waals surface area contributed by atoms with Crippen LogP contribution in [0.1, 0.15) is 59.6 Å². The molecule has 0 spiro atoms. The highest BCUT2D eigenvalue weighted by Gasteiger charge is 2.17. The minimum Gasteiger partial charge on any atom is -0.491 e. The van der Waals surface area contributed by atoms with E-state index in [4.69, 9.17) is 4.74 Å². The average Bonchev–Trinajstić information content (AvgIpc) is 2.38. The Bertz CT molecular complexity index is 395. The molecule has 0 aromatic heterocycles. The van der Waals surface area contributed by atoms with Gasteiger partial charge in [-0.2, -0.15) is 11.8 Å². The van der Waals surface area contributed by atoms with E-state index >= 15 is 0 Å². The molecule has 0 saturated carbocycles. The smallest absolute Gasteiger partial charge is 0.119 e. The summed E-state index contributed by atoms with van der Waals surface area (Å²) in [6, 6.07) is 8.94. The second kappa shape index (κ2) is 8.70. The maximum absolute atomic E-state index is 5.72. The monoisotopic (exact) mass is 309 g/mol. The second-order valence-corrected chi connectivity index (χ2v) is 8.51. The van der Waals surface area contributed by atoms with E-state index in [1.54, 1.807) is 0 Å². The van der Waals surface area contributed by atoms with Crippen molar-refractivity contribution in [1.82, 2.24) is 5.32 Å². The second-order valence-electron chi connectivity index (χ2n) is 6.67. The average molecular weight is 310 g/mol. The minimum atomic E-state index is 0.223. The highest BCUT2D eigenvalue weighted by molar-refractivity contribution is 8.00. The Morgan fingerprint density at radius 1 is 1.14 bits per heavy atom. The molecule has 0 aliphatic carbocycles. The summed E-state index contributed by atoms with van der Waals surface area (Å²) < 4.78 is 6.02. The summed E-state index contributed by atoms with van der Waals surface area (Å²) in [4.78, 5) is 0. The van der Waals surface area contributed by atoms with Crippen LogP contribution in [0, 0.1) is 0 Å². The first-order chi connectivity index (χ1) is 9.81. The van der Waals surface area contributed by atoms with Crippen molar-refractivity contribution in [3.8, 4) is 5.75 Å². The third-order valence-corrected chi connectivity index (χ3v) is 4.34. The van der Waals surface area contributed by atoms with E-state index in [1.807, 2.05) is 11.8 Å². The van der Waals surface area contributed by atoms with Crippen LogP contribution in [0.25, 0.3) is 0 Å². The molecule has 1 N–H and O–H groups in total. The third-order valence-electron chi connectivity index (χ3n) is 2.98. The fraction of sp³-hybridized carbons (Fsp3) is 0.667. The van der Waals surface area contributed by atoms with Crippen molar-refractivity contribution in [2.75, 3.05) is 12.3 Å². The number of nitrogens with one attached hydrogen (secondary N) is 1. The van der Waals surface area contributed by atoms with Gasteiger partial charge >= 0.3 is 0 Å². The highest BCUT2D eigenvalue weighted by Crippen LogP contribution is 2.29. The molecule has 0 aliphatic rings. The molecule has 1 rings (SSSR count). The lowest BCUT2D eigenvalue weighted by atomic mass is 10.1. The zero-order valence-electron chi connectivity index (χ0n) is 14.4. The lowest BCUT2D eigenvalue weighted by molar-refractivity contribution is 0.242. The Hall–Kier alpha value is -0.670. The fourth-order valence-electron chi connectivity index (χ4n) is 1.98. The highest BCUT2D eigenvalue weighted by atomic mass is 32.2. The van der Waals surface area contributed by atoms with Gasteiger partial charge in [0.05, 0.1) is 6.10 Å². The molecule has 1 unspecified atom stereocenters. The maximum atomic E-state index is 5.72. The summed E-state index contributed by atoms with van der Waals surface area (Å²) in [6.07, 6.45) is 1.38.